The zero-order valence-corrected chi connectivity index (χ0v) is 9.30. The molecule has 3 aromatic rings. The summed E-state index contributed by atoms with van der Waals surface area (Å²) in [6, 6.07) is 21.9. The van der Waals surface area contributed by atoms with Crippen molar-refractivity contribution < 1.29 is 5.11 Å². The van der Waals surface area contributed by atoms with Gasteiger partial charge in [0, 0.05) is 0 Å². The monoisotopic (exact) mass is 220 g/mol. The molecule has 1 heteroatoms. The first-order valence-corrected chi connectivity index (χ1v) is 5.62. The quantitative estimate of drug-likeness (QED) is 0.651. The van der Waals surface area contributed by atoms with Gasteiger partial charge >= 0.3 is 0 Å². The number of hydrogen-bond donors (Lipinski definition) is 1. The van der Waals surface area contributed by atoms with Crippen molar-refractivity contribution in [3.8, 4) is 16.9 Å². The molecule has 82 valence electrons. The Labute approximate surface area is 100.0 Å². The molecule has 0 spiro atoms. The van der Waals surface area contributed by atoms with E-state index in [2.05, 4.69) is 24.3 Å². The second-order valence-electron chi connectivity index (χ2n) is 4.08. The average Bonchev–Trinajstić information content (AvgIpc) is 2.39. The highest BCUT2D eigenvalue weighted by atomic mass is 16.3. The van der Waals surface area contributed by atoms with E-state index in [1.165, 1.54) is 5.56 Å². The highest BCUT2D eigenvalue weighted by Gasteiger charge is 2.03. The van der Waals surface area contributed by atoms with Crippen LogP contribution >= 0.6 is 0 Å². The summed E-state index contributed by atoms with van der Waals surface area (Å²) in [6.45, 7) is 0. The van der Waals surface area contributed by atoms with E-state index in [4.69, 9.17) is 0 Å². The molecule has 0 bridgehead atoms. The molecule has 3 aromatic carbocycles. The highest BCUT2D eigenvalue weighted by molar-refractivity contribution is 5.97. The standard InChI is InChI=1S/C16H12O/c17-14-10-9-13-7-4-8-15(16(13)11-14)12-5-2-1-3-6-12/h1-11,17H. The number of aromatic hydroxyl groups is 1. The van der Waals surface area contributed by atoms with Crippen LogP contribution in [0.15, 0.2) is 66.7 Å². The van der Waals surface area contributed by atoms with E-state index >= 15 is 0 Å². The second kappa shape index (κ2) is 3.95. The molecule has 0 saturated carbocycles. The summed E-state index contributed by atoms with van der Waals surface area (Å²) >= 11 is 0. The Morgan fingerprint density at radius 3 is 2.35 bits per heavy atom. The molecule has 0 aliphatic carbocycles. The summed E-state index contributed by atoms with van der Waals surface area (Å²) in [5.41, 5.74) is 2.32. The fourth-order valence-corrected chi connectivity index (χ4v) is 2.13. The summed E-state index contributed by atoms with van der Waals surface area (Å²) in [5, 5.41) is 11.8. The lowest BCUT2D eigenvalue weighted by Gasteiger charge is -2.07. The highest BCUT2D eigenvalue weighted by Crippen LogP contribution is 2.30. The molecule has 1 N–H and O–H groups in total. The number of benzene rings is 3. The lowest BCUT2D eigenvalue weighted by molar-refractivity contribution is 0.476. The molecule has 0 aromatic heterocycles. The van der Waals surface area contributed by atoms with Crippen LogP contribution in [0.5, 0.6) is 5.75 Å². The van der Waals surface area contributed by atoms with Gasteiger partial charge in [-0.3, -0.25) is 0 Å². The van der Waals surface area contributed by atoms with Crippen molar-refractivity contribution in [1.82, 2.24) is 0 Å². The Morgan fingerprint density at radius 1 is 0.706 bits per heavy atom. The maximum atomic E-state index is 9.60. The van der Waals surface area contributed by atoms with E-state index < -0.39 is 0 Å². The van der Waals surface area contributed by atoms with Crippen LogP contribution in [0.25, 0.3) is 21.9 Å². The van der Waals surface area contributed by atoms with Crippen molar-refractivity contribution in [3.05, 3.63) is 66.7 Å². The minimum Gasteiger partial charge on any atom is -0.508 e. The third kappa shape index (κ3) is 1.76. The van der Waals surface area contributed by atoms with E-state index in [1.807, 2.05) is 36.4 Å². The lowest BCUT2D eigenvalue weighted by atomic mass is 9.98. The van der Waals surface area contributed by atoms with Gasteiger partial charge in [-0.2, -0.15) is 0 Å². The topological polar surface area (TPSA) is 20.2 Å². The molecule has 0 atom stereocenters. The second-order valence-corrected chi connectivity index (χ2v) is 4.08. The number of phenols is 1. The van der Waals surface area contributed by atoms with Crippen LogP contribution in [-0.4, -0.2) is 5.11 Å². The van der Waals surface area contributed by atoms with Gasteiger partial charge in [0.1, 0.15) is 5.75 Å². The van der Waals surface area contributed by atoms with Gasteiger partial charge < -0.3 is 5.11 Å². The van der Waals surface area contributed by atoms with Crippen molar-refractivity contribution in [2.75, 3.05) is 0 Å². The molecule has 17 heavy (non-hydrogen) atoms. The minimum absolute atomic E-state index is 0.306. The van der Waals surface area contributed by atoms with E-state index in [0.717, 1.165) is 16.3 Å². The predicted octanol–water partition coefficient (Wildman–Crippen LogP) is 4.21. The van der Waals surface area contributed by atoms with E-state index in [-0.39, 0.29) is 0 Å². The van der Waals surface area contributed by atoms with Crippen molar-refractivity contribution in [1.29, 1.82) is 0 Å². The van der Waals surface area contributed by atoms with Gasteiger partial charge in [0.15, 0.2) is 0 Å². The summed E-state index contributed by atoms with van der Waals surface area (Å²) in [6.07, 6.45) is 0. The van der Waals surface area contributed by atoms with Gasteiger partial charge in [0.2, 0.25) is 0 Å². The molecule has 0 aliphatic heterocycles. The van der Waals surface area contributed by atoms with Crippen molar-refractivity contribution >= 4 is 10.8 Å². The Morgan fingerprint density at radius 2 is 1.53 bits per heavy atom. The molecule has 3 rings (SSSR count). The fourth-order valence-electron chi connectivity index (χ4n) is 2.13. The van der Waals surface area contributed by atoms with Crippen molar-refractivity contribution in [2.45, 2.75) is 0 Å². The van der Waals surface area contributed by atoms with Gasteiger partial charge in [-0.15, -0.1) is 0 Å². The molecule has 0 radical (unpaired) electrons. The maximum absolute atomic E-state index is 9.60. The summed E-state index contributed by atoms with van der Waals surface area (Å²) < 4.78 is 0. The Balaban J connectivity index is 2.33. The van der Waals surface area contributed by atoms with Gasteiger partial charge in [-0.05, 0) is 34.0 Å². The van der Waals surface area contributed by atoms with Gasteiger partial charge in [-0.25, -0.2) is 0 Å². The van der Waals surface area contributed by atoms with Crippen LogP contribution in [0.4, 0.5) is 0 Å². The zero-order valence-electron chi connectivity index (χ0n) is 9.30. The molecule has 0 unspecified atom stereocenters. The van der Waals surface area contributed by atoms with Crippen molar-refractivity contribution in [2.24, 2.45) is 0 Å². The largest absolute Gasteiger partial charge is 0.508 e. The molecule has 0 saturated heterocycles. The van der Waals surface area contributed by atoms with Crippen LogP contribution in [0, 0.1) is 0 Å². The van der Waals surface area contributed by atoms with Crippen molar-refractivity contribution in [3.63, 3.8) is 0 Å². The van der Waals surface area contributed by atoms with Crippen LogP contribution in [-0.2, 0) is 0 Å². The minimum atomic E-state index is 0.306. The predicted molar refractivity (Wildman–Crippen MR) is 71.0 cm³/mol. The number of phenolic OH excluding ortho intramolecular Hbond substituents is 1. The first-order valence-electron chi connectivity index (χ1n) is 5.62. The third-order valence-corrected chi connectivity index (χ3v) is 2.95. The molecule has 0 amide bonds. The molecule has 0 fully saturated rings. The average molecular weight is 220 g/mol. The lowest BCUT2D eigenvalue weighted by Crippen LogP contribution is -1.80. The van der Waals surface area contributed by atoms with Crippen LogP contribution in [0.3, 0.4) is 0 Å². The third-order valence-electron chi connectivity index (χ3n) is 2.95. The first-order chi connectivity index (χ1) is 8.34. The number of fused-ring (bicyclic) bond motifs is 1. The maximum Gasteiger partial charge on any atom is 0.116 e. The molecular formula is C16H12O. The van der Waals surface area contributed by atoms with E-state index in [0.29, 0.717) is 5.75 Å². The van der Waals surface area contributed by atoms with E-state index in [9.17, 15) is 5.11 Å². The summed E-state index contributed by atoms with van der Waals surface area (Å²) in [7, 11) is 0. The zero-order chi connectivity index (χ0) is 11.7. The Bertz CT molecular complexity index is 657. The normalized spacial score (nSPS) is 10.6. The van der Waals surface area contributed by atoms with Gasteiger partial charge in [0.05, 0.1) is 0 Å². The van der Waals surface area contributed by atoms with Crippen LogP contribution in [0.1, 0.15) is 0 Å². The Hall–Kier alpha value is -2.28. The number of hydrogen-bond acceptors (Lipinski definition) is 1. The summed E-state index contributed by atoms with van der Waals surface area (Å²) in [5.74, 6) is 0.306. The smallest absolute Gasteiger partial charge is 0.116 e. The van der Waals surface area contributed by atoms with E-state index in [1.54, 1.807) is 6.07 Å². The molecular weight excluding hydrogens is 208 g/mol. The summed E-state index contributed by atoms with van der Waals surface area (Å²) in [4.78, 5) is 0. The van der Waals surface area contributed by atoms with Gasteiger partial charge in [-0.1, -0.05) is 54.6 Å². The molecule has 1 nitrogen and oxygen atoms in total. The first kappa shape index (κ1) is 9.91. The van der Waals surface area contributed by atoms with Crippen LogP contribution in [0.2, 0.25) is 0 Å². The number of rotatable bonds is 1. The van der Waals surface area contributed by atoms with Gasteiger partial charge in [0.25, 0.3) is 0 Å². The molecule has 0 heterocycles. The fraction of sp³-hybridized carbons (Fsp3) is 0. The van der Waals surface area contributed by atoms with Crippen LogP contribution < -0.4 is 0 Å². The Kier molecular flexibility index (Phi) is 2.30. The SMILES string of the molecule is Oc1ccc2cccc(-c3ccccc3)c2c1. The molecule has 0 aliphatic rings.